The third kappa shape index (κ3) is 10.0. The molecule has 0 saturated carbocycles. The molecule has 12 nitrogen and oxygen atoms in total. The van der Waals surface area contributed by atoms with Crippen LogP contribution in [0.15, 0.2) is 64.8 Å². The zero-order valence-electron chi connectivity index (χ0n) is 22.0. The number of carbonyl (C=O) groups excluding carboxylic acids is 1. The highest BCUT2D eigenvalue weighted by atomic mass is 31.2. The molecule has 0 radical (unpaired) electrons. The second-order valence-corrected chi connectivity index (χ2v) is 10.0. The van der Waals surface area contributed by atoms with Crippen molar-refractivity contribution in [3.63, 3.8) is 0 Å². The maximum atomic E-state index is 13.8. The normalized spacial score (nSPS) is 16.0. The highest BCUT2D eigenvalue weighted by Gasteiger charge is 2.35. The third-order valence-corrected chi connectivity index (χ3v) is 6.79. The molecule has 2 N–H and O–H groups in total. The summed E-state index contributed by atoms with van der Waals surface area (Å²) in [5.74, 6) is -0.368. The van der Waals surface area contributed by atoms with E-state index in [4.69, 9.17) is 23.3 Å². The molecule has 2 rings (SSSR count). The van der Waals surface area contributed by atoms with Crippen LogP contribution in [0, 0.1) is 0 Å². The van der Waals surface area contributed by atoms with Gasteiger partial charge in [-0.1, -0.05) is 31.2 Å². The van der Waals surface area contributed by atoms with Crippen LogP contribution in [0.1, 0.15) is 40.3 Å². The molecule has 13 heteroatoms. The molecule has 0 spiro atoms. The minimum Gasteiger partial charge on any atom is -0.465 e. The van der Waals surface area contributed by atoms with E-state index in [9.17, 15) is 18.9 Å². The summed E-state index contributed by atoms with van der Waals surface area (Å²) in [4.78, 5) is 38.1. The van der Waals surface area contributed by atoms with Gasteiger partial charge in [-0.15, -0.1) is 6.58 Å². The lowest BCUT2D eigenvalue weighted by Gasteiger charge is -2.30. The maximum absolute atomic E-state index is 13.8. The smallest absolute Gasteiger partial charge is 0.459 e. The monoisotopic (exact) mass is 553 g/mol. The zero-order chi connectivity index (χ0) is 28.1. The van der Waals surface area contributed by atoms with Crippen LogP contribution >= 0.6 is 7.75 Å². The number of ether oxygens (including phenoxy) is 3. The van der Waals surface area contributed by atoms with Gasteiger partial charge in [0.2, 0.25) is 0 Å². The van der Waals surface area contributed by atoms with Crippen molar-refractivity contribution >= 4 is 13.7 Å². The topological polar surface area (TPSA) is 147 Å². The summed E-state index contributed by atoms with van der Waals surface area (Å²) in [7, 11) is -4.16. The second kappa shape index (κ2) is 15.4. The number of aromatic nitrogens is 2. The highest BCUT2D eigenvalue weighted by molar-refractivity contribution is 7.52. The van der Waals surface area contributed by atoms with E-state index < -0.39 is 49.4 Å². The lowest BCUT2D eigenvalue weighted by atomic mass is 10.2. The SMILES string of the molecule is C=CCO[C@@H](C)[C@@H](COP(=O)(N[C@@H](C)C(=O)OCCC)Oc1ccccc1)O[C@H](C)n1ccc(=O)[nH]c1=O. The Balaban J connectivity index is 2.26. The van der Waals surface area contributed by atoms with Gasteiger partial charge >= 0.3 is 19.4 Å². The fraction of sp³-hybridized carbons (Fsp3) is 0.480. The molecule has 0 saturated heterocycles. The van der Waals surface area contributed by atoms with Crippen molar-refractivity contribution in [3.8, 4) is 5.75 Å². The molecule has 1 aromatic carbocycles. The Morgan fingerprint density at radius 3 is 2.53 bits per heavy atom. The predicted molar refractivity (Wildman–Crippen MR) is 141 cm³/mol. The lowest BCUT2D eigenvalue weighted by molar-refractivity contribution is -0.145. The first-order valence-electron chi connectivity index (χ1n) is 12.2. The van der Waals surface area contributed by atoms with E-state index in [1.54, 1.807) is 50.3 Å². The summed E-state index contributed by atoms with van der Waals surface area (Å²) in [6, 6.07) is 8.51. The van der Waals surface area contributed by atoms with E-state index in [2.05, 4.69) is 16.7 Å². The van der Waals surface area contributed by atoms with Crippen LogP contribution in [-0.2, 0) is 28.1 Å². The number of carbonyl (C=O) groups is 1. The summed E-state index contributed by atoms with van der Waals surface area (Å²) in [5.41, 5.74) is -1.21. The van der Waals surface area contributed by atoms with Crippen molar-refractivity contribution < 1.29 is 32.6 Å². The molecule has 0 aliphatic carbocycles. The van der Waals surface area contributed by atoms with Crippen molar-refractivity contribution in [1.29, 1.82) is 0 Å². The molecule has 2 aromatic rings. The zero-order valence-corrected chi connectivity index (χ0v) is 22.9. The van der Waals surface area contributed by atoms with Gasteiger partial charge in [-0.2, -0.15) is 5.09 Å². The molecule has 0 bridgehead atoms. The Morgan fingerprint density at radius 1 is 1.18 bits per heavy atom. The molecule has 210 valence electrons. The van der Waals surface area contributed by atoms with Gasteiger partial charge in [0, 0.05) is 12.3 Å². The molecular weight excluding hydrogens is 517 g/mol. The summed E-state index contributed by atoms with van der Waals surface area (Å²) < 4.78 is 43.2. The van der Waals surface area contributed by atoms with Crippen molar-refractivity contribution in [3.05, 3.63) is 76.1 Å². The van der Waals surface area contributed by atoms with E-state index >= 15 is 0 Å². The van der Waals surface area contributed by atoms with E-state index in [1.165, 1.54) is 23.8 Å². The van der Waals surface area contributed by atoms with Gasteiger partial charge in [-0.05, 0) is 39.3 Å². The summed E-state index contributed by atoms with van der Waals surface area (Å²) in [5, 5.41) is 2.62. The molecule has 1 aromatic heterocycles. The number of aromatic amines is 1. The summed E-state index contributed by atoms with van der Waals surface area (Å²) in [6.07, 6.45) is 1.16. The van der Waals surface area contributed by atoms with Gasteiger partial charge in [-0.25, -0.2) is 9.36 Å². The van der Waals surface area contributed by atoms with Crippen LogP contribution in [-0.4, -0.2) is 53.6 Å². The Morgan fingerprint density at radius 2 is 1.89 bits per heavy atom. The van der Waals surface area contributed by atoms with Crippen molar-refractivity contribution in [1.82, 2.24) is 14.6 Å². The van der Waals surface area contributed by atoms with Crippen LogP contribution in [0.2, 0.25) is 0 Å². The van der Waals surface area contributed by atoms with Crippen LogP contribution in [0.25, 0.3) is 0 Å². The summed E-state index contributed by atoms with van der Waals surface area (Å²) >= 11 is 0. The highest BCUT2D eigenvalue weighted by Crippen LogP contribution is 2.45. The number of nitrogens with zero attached hydrogens (tertiary/aromatic N) is 1. The van der Waals surface area contributed by atoms with E-state index in [0.29, 0.717) is 6.42 Å². The second-order valence-electron chi connectivity index (χ2n) is 8.33. The van der Waals surface area contributed by atoms with E-state index in [1.807, 2.05) is 6.92 Å². The molecular formula is C25H36N3O9P. The number of rotatable bonds is 17. The fourth-order valence-electron chi connectivity index (χ4n) is 3.14. The first-order valence-corrected chi connectivity index (χ1v) is 13.8. The lowest BCUT2D eigenvalue weighted by Crippen LogP contribution is -2.40. The van der Waals surface area contributed by atoms with Crippen LogP contribution < -0.4 is 20.9 Å². The van der Waals surface area contributed by atoms with Crippen LogP contribution in [0.4, 0.5) is 0 Å². The fourth-order valence-corrected chi connectivity index (χ4v) is 4.65. The number of benzene rings is 1. The molecule has 0 fully saturated rings. The Kier molecular flexibility index (Phi) is 12.6. The number of esters is 1. The quantitative estimate of drug-likeness (QED) is 0.170. The molecule has 0 amide bonds. The summed E-state index contributed by atoms with van der Waals surface area (Å²) in [6.45, 7) is 10.4. The van der Waals surface area contributed by atoms with E-state index in [-0.39, 0.29) is 25.6 Å². The number of H-pyrrole nitrogens is 1. The number of hydrogen-bond acceptors (Lipinski definition) is 9. The molecule has 5 atom stereocenters. The van der Waals surface area contributed by atoms with Crippen molar-refractivity contribution in [2.75, 3.05) is 19.8 Å². The van der Waals surface area contributed by atoms with Gasteiger partial charge in [0.05, 0.1) is 25.9 Å². The first-order chi connectivity index (χ1) is 18.1. The van der Waals surface area contributed by atoms with Crippen LogP contribution in [0.5, 0.6) is 5.75 Å². The number of hydrogen-bond donors (Lipinski definition) is 2. The predicted octanol–water partition coefficient (Wildman–Crippen LogP) is 3.17. The number of para-hydroxylation sites is 1. The average Bonchev–Trinajstić information content (AvgIpc) is 2.88. The maximum Gasteiger partial charge on any atom is 0.459 e. The van der Waals surface area contributed by atoms with Gasteiger partial charge < -0.3 is 18.7 Å². The average molecular weight is 554 g/mol. The molecule has 0 aliphatic rings. The molecule has 1 unspecified atom stereocenters. The van der Waals surface area contributed by atoms with Gasteiger partial charge in [0.25, 0.3) is 5.56 Å². The van der Waals surface area contributed by atoms with Crippen LogP contribution in [0.3, 0.4) is 0 Å². The Hall–Kier alpha value is -3.02. The number of nitrogens with one attached hydrogen (secondary N) is 2. The molecule has 0 aliphatic heterocycles. The third-order valence-electron chi connectivity index (χ3n) is 5.15. The molecule has 1 heterocycles. The Labute approximate surface area is 221 Å². The minimum absolute atomic E-state index is 0.199. The molecule has 38 heavy (non-hydrogen) atoms. The minimum atomic E-state index is -4.16. The van der Waals surface area contributed by atoms with Gasteiger partial charge in [0.15, 0.2) is 0 Å². The largest absolute Gasteiger partial charge is 0.465 e. The first kappa shape index (κ1) is 31.2. The van der Waals surface area contributed by atoms with Crippen molar-refractivity contribution in [2.45, 2.75) is 58.6 Å². The van der Waals surface area contributed by atoms with Gasteiger partial charge in [-0.3, -0.25) is 23.7 Å². The van der Waals surface area contributed by atoms with Crippen molar-refractivity contribution in [2.24, 2.45) is 0 Å². The van der Waals surface area contributed by atoms with Gasteiger partial charge in [0.1, 0.15) is 24.1 Å². The standard InChI is InChI=1S/C25H36N3O9P/c1-6-15-33-19(4)22(36-20(5)28-14-13-23(29)26-25(28)31)17-35-38(32,37-21-11-9-8-10-12-21)27-18(3)24(30)34-16-7-2/h6,8-14,18-20,22H,1,7,15-17H2,2-5H3,(H,27,32)(H,26,29,31)/t18-,19-,20+,22+,38?/m0/s1. The Bertz CT molecular complexity index is 1180. The van der Waals surface area contributed by atoms with E-state index in [0.717, 1.165) is 0 Å².